The van der Waals surface area contributed by atoms with Crippen LogP contribution < -0.4 is 5.32 Å². The molecule has 0 aliphatic carbocycles. The maximum absolute atomic E-state index is 5.81. The molecule has 2 unspecified atom stereocenters. The minimum atomic E-state index is 0.322. The van der Waals surface area contributed by atoms with E-state index in [9.17, 15) is 0 Å². The van der Waals surface area contributed by atoms with Crippen LogP contribution in [-0.2, 0) is 4.74 Å². The van der Waals surface area contributed by atoms with Gasteiger partial charge in [-0.05, 0) is 28.8 Å². The molecule has 2 atom stereocenters. The molecular weight excluding hydrogens is 206 g/mol. The molecule has 1 aromatic heterocycles. The monoisotopic (exact) mass is 225 g/mol. The molecule has 2 nitrogen and oxygen atoms in total. The van der Waals surface area contributed by atoms with Crippen LogP contribution in [0.2, 0.25) is 0 Å². The summed E-state index contributed by atoms with van der Waals surface area (Å²) in [7, 11) is 0. The first-order chi connectivity index (χ1) is 7.27. The Morgan fingerprint density at radius 3 is 3.13 bits per heavy atom. The fourth-order valence-corrected chi connectivity index (χ4v) is 2.72. The van der Waals surface area contributed by atoms with E-state index in [0.29, 0.717) is 18.1 Å². The maximum Gasteiger partial charge on any atom is 0.0874 e. The summed E-state index contributed by atoms with van der Waals surface area (Å²) in [6, 6.07) is 2.75. The lowest BCUT2D eigenvalue weighted by Gasteiger charge is -2.19. The molecule has 1 aromatic rings. The van der Waals surface area contributed by atoms with Crippen LogP contribution >= 0.6 is 11.3 Å². The van der Waals surface area contributed by atoms with Crippen LogP contribution in [0, 0.1) is 5.92 Å². The molecule has 15 heavy (non-hydrogen) atoms. The van der Waals surface area contributed by atoms with E-state index in [2.05, 4.69) is 36.0 Å². The summed E-state index contributed by atoms with van der Waals surface area (Å²) < 4.78 is 5.81. The zero-order chi connectivity index (χ0) is 10.7. The van der Waals surface area contributed by atoms with Gasteiger partial charge < -0.3 is 10.1 Å². The average Bonchev–Trinajstić information content (AvgIpc) is 2.85. The molecule has 1 saturated heterocycles. The van der Waals surface area contributed by atoms with Gasteiger partial charge in [0.25, 0.3) is 0 Å². The molecule has 84 valence electrons. The maximum atomic E-state index is 5.81. The second-order valence-corrected chi connectivity index (χ2v) is 5.24. The van der Waals surface area contributed by atoms with Crippen LogP contribution in [0.15, 0.2) is 16.8 Å². The first kappa shape index (κ1) is 11.1. The second-order valence-electron chi connectivity index (χ2n) is 4.46. The van der Waals surface area contributed by atoms with Crippen molar-refractivity contribution in [1.82, 2.24) is 5.32 Å². The van der Waals surface area contributed by atoms with E-state index in [1.165, 1.54) is 12.0 Å². The number of hydrogen-bond acceptors (Lipinski definition) is 3. The molecule has 0 aromatic carbocycles. The predicted molar refractivity (Wildman–Crippen MR) is 64.3 cm³/mol. The Morgan fingerprint density at radius 2 is 2.47 bits per heavy atom. The Bertz CT molecular complexity index is 284. The Kier molecular flexibility index (Phi) is 3.78. The van der Waals surface area contributed by atoms with Crippen molar-refractivity contribution in [2.75, 3.05) is 13.2 Å². The van der Waals surface area contributed by atoms with Crippen molar-refractivity contribution < 1.29 is 4.74 Å². The van der Waals surface area contributed by atoms with Gasteiger partial charge in [-0.3, -0.25) is 0 Å². The molecule has 0 bridgehead atoms. The molecule has 0 saturated carbocycles. The first-order valence-electron chi connectivity index (χ1n) is 5.64. The molecular formula is C12H19NOS. The van der Waals surface area contributed by atoms with Gasteiger partial charge in [0.2, 0.25) is 0 Å². The van der Waals surface area contributed by atoms with Gasteiger partial charge in [-0.1, -0.05) is 13.8 Å². The number of thiophene rings is 1. The standard InChI is InChI=1S/C12H19NOS/c1-9(2)13-7-10-3-5-14-12(10)11-4-6-15-8-11/h4,6,8-10,12-13H,3,5,7H2,1-2H3. The van der Waals surface area contributed by atoms with E-state index in [1.807, 2.05) is 0 Å². The molecule has 1 N–H and O–H groups in total. The van der Waals surface area contributed by atoms with Crippen LogP contribution in [0.4, 0.5) is 0 Å². The summed E-state index contributed by atoms with van der Waals surface area (Å²) >= 11 is 1.75. The smallest absolute Gasteiger partial charge is 0.0874 e. The van der Waals surface area contributed by atoms with Gasteiger partial charge in [0.15, 0.2) is 0 Å². The van der Waals surface area contributed by atoms with Gasteiger partial charge in [-0.15, -0.1) is 0 Å². The fraction of sp³-hybridized carbons (Fsp3) is 0.667. The van der Waals surface area contributed by atoms with Crippen LogP contribution in [-0.4, -0.2) is 19.2 Å². The average molecular weight is 225 g/mol. The topological polar surface area (TPSA) is 21.3 Å². The molecule has 1 fully saturated rings. The number of hydrogen-bond donors (Lipinski definition) is 1. The summed E-state index contributed by atoms with van der Waals surface area (Å²) in [4.78, 5) is 0. The SMILES string of the molecule is CC(C)NCC1CCOC1c1ccsc1. The lowest BCUT2D eigenvalue weighted by Crippen LogP contribution is -2.30. The third-order valence-corrected chi connectivity index (χ3v) is 3.58. The third kappa shape index (κ3) is 2.80. The van der Waals surface area contributed by atoms with Crippen molar-refractivity contribution >= 4 is 11.3 Å². The molecule has 2 heterocycles. The van der Waals surface area contributed by atoms with Gasteiger partial charge in [0, 0.05) is 25.1 Å². The number of nitrogens with one attached hydrogen (secondary N) is 1. The highest BCUT2D eigenvalue weighted by molar-refractivity contribution is 7.07. The Hall–Kier alpha value is -0.380. The minimum Gasteiger partial charge on any atom is -0.373 e. The minimum absolute atomic E-state index is 0.322. The number of ether oxygens (including phenoxy) is 1. The lowest BCUT2D eigenvalue weighted by atomic mass is 9.97. The summed E-state index contributed by atoms with van der Waals surface area (Å²) in [5, 5.41) is 7.84. The van der Waals surface area contributed by atoms with Crippen LogP contribution in [0.25, 0.3) is 0 Å². The zero-order valence-corrected chi connectivity index (χ0v) is 10.2. The highest BCUT2D eigenvalue weighted by Gasteiger charge is 2.29. The van der Waals surface area contributed by atoms with E-state index in [1.54, 1.807) is 11.3 Å². The van der Waals surface area contributed by atoms with E-state index in [0.717, 1.165) is 13.2 Å². The fourth-order valence-electron chi connectivity index (χ4n) is 2.04. The third-order valence-electron chi connectivity index (χ3n) is 2.87. The summed E-state index contributed by atoms with van der Waals surface area (Å²) in [6.07, 6.45) is 1.50. The van der Waals surface area contributed by atoms with Crippen LogP contribution in [0.1, 0.15) is 31.9 Å². The van der Waals surface area contributed by atoms with Crippen LogP contribution in [0.3, 0.4) is 0 Å². The molecule has 1 aliphatic heterocycles. The van der Waals surface area contributed by atoms with Crippen molar-refractivity contribution in [2.24, 2.45) is 5.92 Å². The van der Waals surface area contributed by atoms with Gasteiger partial charge in [0.1, 0.15) is 0 Å². The molecule has 0 amide bonds. The second kappa shape index (κ2) is 5.10. The Morgan fingerprint density at radius 1 is 1.60 bits per heavy atom. The molecule has 2 rings (SSSR count). The highest BCUT2D eigenvalue weighted by atomic mass is 32.1. The van der Waals surface area contributed by atoms with Crippen molar-refractivity contribution in [1.29, 1.82) is 0 Å². The number of rotatable bonds is 4. The van der Waals surface area contributed by atoms with Crippen molar-refractivity contribution in [3.05, 3.63) is 22.4 Å². The molecule has 0 spiro atoms. The molecule has 0 radical (unpaired) electrons. The summed E-state index contributed by atoms with van der Waals surface area (Å²) in [5.74, 6) is 0.641. The first-order valence-corrected chi connectivity index (χ1v) is 6.58. The van der Waals surface area contributed by atoms with Gasteiger partial charge in [-0.2, -0.15) is 11.3 Å². The largest absolute Gasteiger partial charge is 0.373 e. The quantitative estimate of drug-likeness (QED) is 0.851. The normalized spacial score (nSPS) is 26.3. The van der Waals surface area contributed by atoms with Gasteiger partial charge in [-0.25, -0.2) is 0 Å². The van der Waals surface area contributed by atoms with Crippen LogP contribution in [0.5, 0.6) is 0 Å². The van der Waals surface area contributed by atoms with Crippen molar-refractivity contribution in [2.45, 2.75) is 32.4 Å². The molecule has 1 aliphatic rings. The zero-order valence-electron chi connectivity index (χ0n) is 9.40. The summed E-state index contributed by atoms with van der Waals surface area (Å²) in [6.45, 7) is 6.36. The van der Waals surface area contributed by atoms with E-state index >= 15 is 0 Å². The molecule has 3 heteroatoms. The Balaban J connectivity index is 1.93. The lowest BCUT2D eigenvalue weighted by molar-refractivity contribution is 0.0904. The van der Waals surface area contributed by atoms with E-state index in [-0.39, 0.29) is 0 Å². The Labute approximate surface area is 95.6 Å². The van der Waals surface area contributed by atoms with Gasteiger partial charge in [0.05, 0.1) is 6.10 Å². The van der Waals surface area contributed by atoms with E-state index < -0.39 is 0 Å². The van der Waals surface area contributed by atoms with Gasteiger partial charge >= 0.3 is 0 Å². The van der Waals surface area contributed by atoms with E-state index in [4.69, 9.17) is 4.74 Å². The predicted octanol–water partition coefficient (Wildman–Crippen LogP) is 2.82. The van der Waals surface area contributed by atoms with Crippen molar-refractivity contribution in [3.63, 3.8) is 0 Å². The van der Waals surface area contributed by atoms with Crippen molar-refractivity contribution in [3.8, 4) is 0 Å². The summed E-state index contributed by atoms with van der Waals surface area (Å²) in [5.41, 5.74) is 1.35. The highest BCUT2D eigenvalue weighted by Crippen LogP contribution is 2.34.